The van der Waals surface area contributed by atoms with E-state index in [0.717, 1.165) is 17.3 Å². The number of rotatable bonds is 6. The van der Waals surface area contributed by atoms with Crippen LogP contribution >= 0.6 is 11.7 Å². The van der Waals surface area contributed by atoms with Crippen LogP contribution in [0.15, 0.2) is 65.6 Å². The molecule has 0 bridgehead atoms. The number of nitrogens with one attached hydrogen (secondary N) is 2. The second-order valence-corrected chi connectivity index (χ2v) is 9.41. The minimum Gasteiger partial charge on any atom is -0.495 e. The Morgan fingerprint density at radius 2 is 1.61 bits per heavy atom. The Hall–Kier alpha value is -3.83. The monoisotopic (exact) mass is 478 g/mol. The van der Waals surface area contributed by atoms with E-state index in [1.165, 1.54) is 6.07 Å². The largest absolute Gasteiger partial charge is 0.495 e. The zero-order chi connectivity index (χ0) is 23.0. The summed E-state index contributed by atoms with van der Waals surface area (Å²) in [5.41, 5.74) is 3.60. The standard InChI is InChI=1S/C22H18N6O3S2/c1-13-10-11-18(31-2)17(12-13)25-21-22(24-15-7-4-3-6-14(15)23-21)28-33(29,30)19-9-5-8-16-20(19)27-32-26-16/h3-12H,1-2H3,(H,23,25)(H,24,28). The summed E-state index contributed by atoms with van der Waals surface area (Å²) in [5.74, 6) is 0.880. The molecular weight excluding hydrogens is 460 g/mol. The molecule has 0 radical (unpaired) electrons. The number of para-hydroxylation sites is 2. The van der Waals surface area contributed by atoms with E-state index in [1.807, 2.05) is 37.3 Å². The second kappa shape index (κ2) is 8.26. The third-order valence-corrected chi connectivity index (χ3v) is 6.86. The maximum Gasteiger partial charge on any atom is 0.265 e. The topological polar surface area (TPSA) is 119 Å². The lowest BCUT2D eigenvalue weighted by molar-refractivity contribution is 0.416. The highest BCUT2D eigenvalue weighted by molar-refractivity contribution is 7.93. The van der Waals surface area contributed by atoms with Crippen molar-refractivity contribution in [2.75, 3.05) is 17.1 Å². The molecule has 0 aliphatic heterocycles. The summed E-state index contributed by atoms with van der Waals surface area (Å²) in [7, 11) is -2.47. The number of aromatic nitrogens is 4. The van der Waals surface area contributed by atoms with E-state index < -0.39 is 10.0 Å². The van der Waals surface area contributed by atoms with Crippen molar-refractivity contribution >= 4 is 61.1 Å². The van der Waals surface area contributed by atoms with Gasteiger partial charge in [0, 0.05) is 0 Å². The number of methoxy groups -OCH3 is 1. The van der Waals surface area contributed by atoms with E-state index in [2.05, 4.69) is 28.8 Å². The quantitative estimate of drug-likeness (QED) is 0.366. The van der Waals surface area contributed by atoms with Crippen LogP contribution in [0.4, 0.5) is 17.3 Å². The highest BCUT2D eigenvalue weighted by atomic mass is 32.2. The van der Waals surface area contributed by atoms with Gasteiger partial charge in [-0.1, -0.05) is 24.3 Å². The van der Waals surface area contributed by atoms with E-state index in [1.54, 1.807) is 31.4 Å². The predicted molar refractivity (Wildman–Crippen MR) is 129 cm³/mol. The van der Waals surface area contributed by atoms with Gasteiger partial charge in [0.2, 0.25) is 0 Å². The molecule has 5 rings (SSSR count). The van der Waals surface area contributed by atoms with Crippen LogP contribution in [0, 0.1) is 6.92 Å². The number of benzene rings is 3. The first kappa shape index (κ1) is 21.0. The molecule has 0 saturated heterocycles. The number of hydrogen-bond donors (Lipinski definition) is 2. The number of nitrogens with zero attached hydrogens (tertiary/aromatic N) is 4. The fourth-order valence-corrected chi connectivity index (χ4v) is 5.16. The molecule has 0 atom stereocenters. The Balaban J connectivity index is 1.63. The number of hydrogen-bond acceptors (Lipinski definition) is 9. The first-order valence-electron chi connectivity index (χ1n) is 9.87. The number of ether oxygens (including phenoxy) is 1. The van der Waals surface area contributed by atoms with Crippen molar-refractivity contribution in [2.45, 2.75) is 11.8 Å². The predicted octanol–water partition coefficient (Wildman–Crippen LogP) is 4.50. The fourth-order valence-electron chi connectivity index (χ4n) is 3.39. The van der Waals surface area contributed by atoms with Crippen LogP contribution in [0.1, 0.15) is 5.56 Å². The molecule has 9 nitrogen and oxygen atoms in total. The molecule has 2 heterocycles. The highest BCUT2D eigenvalue weighted by Gasteiger charge is 2.23. The summed E-state index contributed by atoms with van der Waals surface area (Å²) in [5, 5.41) is 3.18. The van der Waals surface area contributed by atoms with Crippen LogP contribution in [0.2, 0.25) is 0 Å². The van der Waals surface area contributed by atoms with Gasteiger partial charge in [0.15, 0.2) is 11.6 Å². The molecule has 0 aliphatic rings. The Bertz CT molecular complexity index is 1600. The van der Waals surface area contributed by atoms with Crippen LogP contribution < -0.4 is 14.8 Å². The van der Waals surface area contributed by atoms with Crippen LogP contribution in [0.25, 0.3) is 22.1 Å². The van der Waals surface area contributed by atoms with Gasteiger partial charge in [-0.25, -0.2) is 18.4 Å². The van der Waals surface area contributed by atoms with E-state index in [0.29, 0.717) is 33.5 Å². The average molecular weight is 479 g/mol. The van der Waals surface area contributed by atoms with Gasteiger partial charge in [-0.05, 0) is 48.9 Å². The van der Waals surface area contributed by atoms with Crippen LogP contribution in [-0.4, -0.2) is 34.2 Å². The molecule has 0 amide bonds. The molecule has 3 aromatic carbocycles. The molecule has 2 N–H and O–H groups in total. The van der Waals surface area contributed by atoms with Crippen molar-refractivity contribution < 1.29 is 13.2 Å². The van der Waals surface area contributed by atoms with Gasteiger partial charge < -0.3 is 10.1 Å². The Kier molecular flexibility index (Phi) is 5.27. The van der Waals surface area contributed by atoms with Gasteiger partial charge >= 0.3 is 0 Å². The Morgan fingerprint density at radius 1 is 0.879 bits per heavy atom. The van der Waals surface area contributed by atoms with Crippen LogP contribution in [-0.2, 0) is 10.0 Å². The second-order valence-electron chi connectivity index (χ2n) is 7.23. The zero-order valence-corrected chi connectivity index (χ0v) is 19.2. The van der Waals surface area contributed by atoms with Crippen LogP contribution in [0.3, 0.4) is 0 Å². The van der Waals surface area contributed by atoms with Crippen molar-refractivity contribution in [2.24, 2.45) is 0 Å². The molecule has 2 aromatic heterocycles. The number of anilines is 3. The highest BCUT2D eigenvalue weighted by Crippen LogP contribution is 2.33. The van der Waals surface area contributed by atoms with Crippen molar-refractivity contribution in [1.29, 1.82) is 0 Å². The van der Waals surface area contributed by atoms with Gasteiger partial charge in [-0.15, -0.1) is 0 Å². The van der Waals surface area contributed by atoms with Crippen molar-refractivity contribution in [3.05, 3.63) is 66.2 Å². The van der Waals surface area contributed by atoms with Gasteiger partial charge in [0.1, 0.15) is 21.7 Å². The van der Waals surface area contributed by atoms with Gasteiger partial charge in [-0.3, -0.25) is 4.72 Å². The molecule has 33 heavy (non-hydrogen) atoms. The summed E-state index contributed by atoms with van der Waals surface area (Å²) < 4.78 is 43.0. The number of aryl methyl sites for hydroxylation is 1. The maximum atomic E-state index is 13.3. The lowest BCUT2D eigenvalue weighted by Crippen LogP contribution is -2.16. The molecule has 0 spiro atoms. The first-order chi connectivity index (χ1) is 15.9. The van der Waals surface area contributed by atoms with E-state index in [-0.39, 0.29) is 16.5 Å². The summed E-state index contributed by atoms with van der Waals surface area (Å²) >= 11 is 0.955. The Labute approximate surface area is 193 Å². The molecular formula is C22H18N6O3S2. The molecule has 0 fully saturated rings. The summed E-state index contributed by atoms with van der Waals surface area (Å²) in [6.45, 7) is 1.95. The first-order valence-corrected chi connectivity index (χ1v) is 12.1. The molecule has 0 saturated carbocycles. The summed E-state index contributed by atoms with van der Waals surface area (Å²) in [4.78, 5) is 9.18. The fraction of sp³-hybridized carbons (Fsp3) is 0.0909. The molecule has 0 unspecified atom stereocenters. The van der Waals surface area contributed by atoms with Crippen LogP contribution in [0.5, 0.6) is 5.75 Å². The van der Waals surface area contributed by atoms with E-state index >= 15 is 0 Å². The van der Waals surface area contributed by atoms with E-state index in [9.17, 15) is 8.42 Å². The molecule has 5 aromatic rings. The van der Waals surface area contributed by atoms with E-state index in [4.69, 9.17) is 4.74 Å². The molecule has 11 heteroatoms. The maximum absolute atomic E-state index is 13.3. The molecule has 0 aliphatic carbocycles. The zero-order valence-electron chi connectivity index (χ0n) is 17.6. The van der Waals surface area contributed by atoms with Crippen molar-refractivity contribution in [1.82, 2.24) is 18.7 Å². The smallest absolute Gasteiger partial charge is 0.265 e. The third kappa shape index (κ3) is 4.03. The summed E-state index contributed by atoms with van der Waals surface area (Å²) in [6, 6.07) is 17.7. The minimum absolute atomic E-state index is 0.0165. The lowest BCUT2D eigenvalue weighted by Gasteiger charge is -2.16. The van der Waals surface area contributed by atoms with Crippen molar-refractivity contribution in [3.8, 4) is 5.75 Å². The normalized spacial score (nSPS) is 11.6. The van der Waals surface area contributed by atoms with Crippen molar-refractivity contribution in [3.63, 3.8) is 0 Å². The third-order valence-electron chi connectivity index (χ3n) is 4.95. The Morgan fingerprint density at radius 3 is 2.36 bits per heavy atom. The lowest BCUT2D eigenvalue weighted by atomic mass is 10.2. The average Bonchev–Trinajstić information content (AvgIpc) is 3.28. The van der Waals surface area contributed by atoms with Gasteiger partial charge in [-0.2, -0.15) is 8.75 Å². The van der Waals surface area contributed by atoms with Gasteiger partial charge in [0.05, 0.1) is 35.6 Å². The molecule has 166 valence electrons. The number of sulfonamides is 1. The minimum atomic E-state index is -4.04. The number of fused-ring (bicyclic) bond motifs is 2. The SMILES string of the molecule is COc1ccc(C)cc1Nc1nc2ccccc2nc1NS(=O)(=O)c1cccc2nsnc12. The summed E-state index contributed by atoms with van der Waals surface area (Å²) in [6.07, 6.45) is 0. The van der Waals surface area contributed by atoms with Gasteiger partial charge in [0.25, 0.3) is 10.0 Å².